The number of rotatable bonds is 4. The molecule has 1 heterocycles. The number of nitrogens with one attached hydrogen (secondary N) is 1. The molecule has 1 aromatic heterocycles. The molecule has 0 fully saturated rings. The van der Waals surface area contributed by atoms with Crippen molar-refractivity contribution in [1.82, 2.24) is 4.98 Å². The number of nitro groups is 1. The van der Waals surface area contributed by atoms with Crippen molar-refractivity contribution in [3.63, 3.8) is 0 Å². The van der Waals surface area contributed by atoms with Gasteiger partial charge < -0.3 is 0 Å². The summed E-state index contributed by atoms with van der Waals surface area (Å²) in [5.41, 5.74) is 1.92. The van der Waals surface area contributed by atoms with E-state index in [0.29, 0.717) is 21.2 Å². The van der Waals surface area contributed by atoms with E-state index in [4.69, 9.17) is 23.2 Å². The van der Waals surface area contributed by atoms with Crippen molar-refractivity contribution in [2.75, 3.05) is 5.32 Å². The summed E-state index contributed by atoms with van der Waals surface area (Å²) in [6.07, 6.45) is 2.74. The predicted molar refractivity (Wildman–Crippen MR) is 105 cm³/mol. The monoisotopic (exact) mass is 407 g/mol. The third-order valence-electron chi connectivity index (χ3n) is 3.49. The average molecular weight is 408 g/mol. The van der Waals surface area contributed by atoms with Crippen molar-refractivity contribution in [3.05, 3.63) is 67.7 Å². The van der Waals surface area contributed by atoms with Crippen LogP contribution in [0.3, 0.4) is 0 Å². The van der Waals surface area contributed by atoms with E-state index >= 15 is 0 Å². The Hall–Kier alpha value is -2.48. The number of benzene rings is 2. The molecule has 2 aromatic carbocycles. The fourth-order valence-electron chi connectivity index (χ4n) is 2.20. The summed E-state index contributed by atoms with van der Waals surface area (Å²) in [7, 11) is 0. The summed E-state index contributed by atoms with van der Waals surface area (Å²) in [5.74, 6) is -0.399. The smallest absolute Gasteiger partial charge is 0.288 e. The number of anilines is 1. The molecule has 0 saturated heterocycles. The van der Waals surface area contributed by atoms with Gasteiger partial charge in [-0.25, -0.2) is 4.98 Å². The molecule has 0 unspecified atom stereocenters. The zero-order chi connectivity index (χ0) is 18.8. The number of carbonyl (C=O) groups excluding carboxylic acids is 1. The Morgan fingerprint density at radius 1 is 1.27 bits per heavy atom. The van der Waals surface area contributed by atoms with Crippen LogP contribution in [-0.2, 0) is 4.79 Å². The Morgan fingerprint density at radius 2 is 2.04 bits per heavy atom. The summed E-state index contributed by atoms with van der Waals surface area (Å²) in [4.78, 5) is 26.7. The highest BCUT2D eigenvalue weighted by Crippen LogP contribution is 2.30. The molecule has 0 spiro atoms. The van der Waals surface area contributed by atoms with E-state index in [9.17, 15) is 14.9 Å². The Balaban J connectivity index is 1.75. The molecule has 0 aliphatic carbocycles. The number of fused-ring (bicyclic) bond motifs is 1. The van der Waals surface area contributed by atoms with Crippen LogP contribution in [0.4, 0.5) is 10.8 Å². The van der Waals surface area contributed by atoms with Gasteiger partial charge in [-0.2, -0.15) is 0 Å². The van der Waals surface area contributed by atoms with Crippen LogP contribution < -0.4 is 5.32 Å². The van der Waals surface area contributed by atoms with E-state index in [-0.39, 0.29) is 10.7 Å². The molecule has 1 amide bonds. The quantitative estimate of drug-likeness (QED) is 0.352. The number of hydrogen-bond donors (Lipinski definition) is 1. The molecule has 132 valence electrons. The first kappa shape index (κ1) is 18.3. The number of thiazole rings is 1. The van der Waals surface area contributed by atoms with Crippen molar-refractivity contribution >= 4 is 67.6 Å². The second kappa shape index (κ2) is 7.41. The minimum Gasteiger partial charge on any atom is -0.298 e. The SMILES string of the molecule is Cc1cc2sc(NC(=O)/C=C/c3ccc(Cl)c([N+](=O)[O-])c3)nc2cc1Cl. The molecule has 0 aliphatic rings. The summed E-state index contributed by atoms with van der Waals surface area (Å²) in [6, 6.07) is 7.96. The molecule has 3 aromatic rings. The van der Waals surface area contributed by atoms with E-state index in [2.05, 4.69) is 10.3 Å². The van der Waals surface area contributed by atoms with Crippen LogP contribution in [0.2, 0.25) is 10.0 Å². The Kier molecular flexibility index (Phi) is 5.22. The van der Waals surface area contributed by atoms with Gasteiger partial charge in [0.15, 0.2) is 5.13 Å². The Morgan fingerprint density at radius 3 is 2.77 bits per heavy atom. The number of nitrogens with zero attached hydrogens (tertiary/aromatic N) is 2. The molecule has 0 radical (unpaired) electrons. The topological polar surface area (TPSA) is 85.1 Å². The van der Waals surface area contributed by atoms with E-state index in [1.165, 1.54) is 35.6 Å². The molecule has 0 atom stereocenters. The highest BCUT2D eigenvalue weighted by molar-refractivity contribution is 7.22. The van der Waals surface area contributed by atoms with Gasteiger partial charge in [0.05, 0.1) is 15.1 Å². The summed E-state index contributed by atoms with van der Waals surface area (Å²) in [5, 5.41) is 14.7. The molecule has 0 bridgehead atoms. The van der Waals surface area contributed by atoms with E-state index in [1.807, 2.05) is 13.0 Å². The van der Waals surface area contributed by atoms with Gasteiger partial charge >= 0.3 is 0 Å². The maximum Gasteiger partial charge on any atom is 0.288 e. The average Bonchev–Trinajstić information content (AvgIpc) is 2.95. The van der Waals surface area contributed by atoms with Crippen LogP contribution in [0.1, 0.15) is 11.1 Å². The molecule has 1 N–H and O–H groups in total. The van der Waals surface area contributed by atoms with Crippen LogP contribution in [-0.4, -0.2) is 15.8 Å². The van der Waals surface area contributed by atoms with Gasteiger partial charge in [-0.05, 0) is 42.3 Å². The number of amides is 1. The summed E-state index contributed by atoms with van der Waals surface area (Å²) in [6.45, 7) is 1.90. The number of aromatic nitrogens is 1. The fourth-order valence-corrected chi connectivity index (χ4v) is 3.49. The predicted octanol–water partition coefficient (Wildman–Crippen LogP) is 5.47. The maximum atomic E-state index is 12.1. The van der Waals surface area contributed by atoms with Crippen molar-refractivity contribution in [1.29, 1.82) is 0 Å². The normalized spacial score (nSPS) is 11.2. The molecular weight excluding hydrogens is 397 g/mol. The van der Waals surface area contributed by atoms with Crippen molar-refractivity contribution in [3.8, 4) is 0 Å². The van der Waals surface area contributed by atoms with Gasteiger partial charge in [-0.15, -0.1) is 0 Å². The number of hydrogen-bond acceptors (Lipinski definition) is 5. The molecule has 0 aliphatic heterocycles. The van der Waals surface area contributed by atoms with Gasteiger partial charge in [0.2, 0.25) is 5.91 Å². The third kappa shape index (κ3) is 4.01. The van der Waals surface area contributed by atoms with Crippen molar-refractivity contribution < 1.29 is 9.72 Å². The van der Waals surface area contributed by atoms with Gasteiger partial charge in [0.1, 0.15) is 5.02 Å². The number of nitro benzene ring substituents is 1. The zero-order valence-corrected chi connectivity index (χ0v) is 15.7. The summed E-state index contributed by atoms with van der Waals surface area (Å²) < 4.78 is 0.916. The minimum atomic E-state index is -0.575. The number of carbonyl (C=O) groups is 1. The van der Waals surface area contributed by atoms with E-state index < -0.39 is 10.8 Å². The van der Waals surface area contributed by atoms with Crippen molar-refractivity contribution in [2.45, 2.75) is 6.92 Å². The highest BCUT2D eigenvalue weighted by Gasteiger charge is 2.12. The van der Waals surface area contributed by atoms with E-state index in [1.54, 1.807) is 12.1 Å². The lowest BCUT2D eigenvalue weighted by Crippen LogP contribution is -2.07. The first-order valence-corrected chi connectivity index (χ1v) is 8.90. The van der Waals surface area contributed by atoms with Gasteiger partial charge in [0.25, 0.3) is 5.69 Å². The first-order valence-electron chi connectivity index (χ1n) is 7.33. The van der Waals surface area contributed by atoms with Gasteiger partial charge in [0, 0.05) is 17.2 Å². The first-order chi connectivity index (χ1) is 12.3. The number of halogens is 2. The van der Waals surface area contributed by atoms with Crippen LogP contribution >= 0.6 is 34.5 Å². The highest BCUT2D eigenvalue weighted by atomic mass is 35.5. The minimum absolute atomic E-state index is 0.0417. The van der Waals surface area contributed by atoms with Gasteiger partial charge in [-0.3, -0.25) is 20.2 Å². The second-order valence-electron chi connectivity index (χ2n) is 5.38. The molecule has 26 heavy (non-hydrogen) atoms. The molecule has 0 saturated carbocycles. The Labute approximate surface area is 162 Å². The molecular formula is C17H11Cl2N3O3S. The van der Waals surface area contributed by atoms with Crippen molar-refractivity contribution in [2.24, 2.45) is 0 Å². The number of aryl methyl sites for hydroxylation is 1. The fraction of sp³-hybridized carbons (Fsp3) is 0.0588. The molecule has 6 nitrogen and oxygen atoms in total. The second-order valence-corrected chi connectivity index (χ2v) is 7.22. The lowest BCUT2D eigenvalue weighted by molar-refractivity contribution is -0.384. The van der Waals surface area contributed by atoms with Crippen LogP contribution in [0, 0.1) is 17.0 Å². The lowest BCUT2D eigenvalue weighted by atomic mass is 10.2. The van der Waals surface area contributed by atoms with Crippen LogP contribution in [0.15, 0.2) is 36.4 Å². The van der Waals surface area contributed by atoms with Crippen LogP contribution in [0.25, 0.3) is 16.3 Å². The van der Waals surface area contributed by atoms with Crippen LogP contribution in [0.5, 0.6) is 0 Å². The maximum absolute atomic E-state index is 12.1. The molecule has 3 rings (SSSR count). The standard InChI is InChI=1S/C17H11Cl2N3O3S/c1-9-6-15-13(8-12(9)19)20-17(26-15)21-16(23)5-3-10-2-4-11(18)14(7-10)22(24)25/h2-8H,1H3,(H,20,21,23)/b5-3+. The lowest BCUT2D eigenvalue weighted by Gasteiger charge is -1.98. The van der Waals surface area contributed by atoms with E-state index in [0.717, 1.165) is 10.3 Å². The largest absolute Gasteiger partial charge is 0.298 e. The summed E-state index contributed by atoms with van der Waals surface area (Å²) >= 11 is 13.2. The molecule has 9 heteroatoms. The third-order valence-corrected chi connectivity index (χ3v) is 5.15. The Bertz CT molecular complexity index is 1020. The van der Waals surface area contributed by atoms with Gasteiger partial charge in [-0.1, -0.05) is 40.6 Å². The zero-order valence-electron chi connectivity index (χ0n) is 13.3.